The van der Waals surface area contributed by atoms with Crippen molar-refractivity contribution in [1.82, 2.24) is 5.43 Å². The highest BCUT2D eigenvalue weighted by atomic mass is 32.2. The second-order valence-electron chi connectivity index (χ2n) is 4.46. The summed E-state index contributed by atoms with van der Waals surface area (Å²) >= 11 is 0. The molecule has 0 saturated carbocycles. The lowest BCUT2D eigenvalue weighted by atomic mass is 10.1. The van der Waals surface area contributed by atoms with E-state index in [1.807, 2.05) is 0 Å². The number of rotatable bonds is 4. The summed E-state index contributed by atoms with van der Waals surface area (Å²) in [5, 5.41) is 0. The first-order chi connectivity index (χ1) is 9.88. The van der Waals surface area contributed by atoms with Crippen LogP contribution in [0, 0.1) is 0 Å². The van der Waals surface area contributed by atoms with Crippen LogP contribution in [-0.2, 0) is 9.84 Å². The smallest absolute Gasteiger partial charge is 0.330 e. The van der Waals surface area contributed by atoms with Crippen LogP contribution in [0.15, 0.2) is 53.4 Å². The average Bonchev–Trinajstić information content (AvgIpc) is 2.45. The van der Waals surface area contributed by atoms with Crippen molar-refractivity contribution in [3.63, 3.8) is 0 Å². The van der Waals surface area contributed by atoms with Gasteiger partial charge in [0.1, 0.15) is 0 Å². The largest absolute Gasteiger partial charge is 0.350 e. The number of carbonyl (C=O) groups is 1. The summed E-state index contributed by atoms with van der Waals surface area (Å²) in [5.74, 6) is 0. The Kier molecular flexibility index (Phi) is 4.13. The predicted octanol–water partition coefficient (Wildman–Crippen LogP) is 1.75. The van der Waals surface area contributed by atoms with E-state index in [2.05, 4.69) is 10.9 Å². The third kappa shape index (κ3) is 3.73. The Hall–Kier alpha value is -2.54. The van der Waals surface area contributed by atoms with E-state index in [1.165, 1.54) is 6.26 Å². The lowest BCUT2D eigenvalue weighted by Gasteiger charge is -2.10. The van der Waals surface area contributed by atoms with Crippen LogP contribution in [0.4, 0.5) is 10.5 Å². The van der Waals surface area contributed by atoms with Crippen LogP contribution in [0.25, 0.3) is 11.1 Å². The molecule has 2 aromatic rings. The molecule has 0 saturated heterocycles. The van der Waals surface area contributed by atoms with Gasteiger partial charge in [0, 0.05) is 11.8 Å². The van der Waals surface area contributed by atoms with Crippen LogP contribution >= 0.6 is 0 Å². The number of amides is 2. The predicted molar refractivity (Wildman–Crippen MR) is 81.3 cm³/mol. The molecule has 0 bridgehead atoms. The van der Waals surface area contributed by atoms with Gasteiger partial charge in [-0.25, -0.2) is 13.2 Å². The van der Waals surface area contributed by atoms with Gasteiger partial charge in [-0.15, -0.1) is 0 Å². The summed E-state index contributed by atoms with van der Waals surface area (Å²) in [4.78, 5) is 10.9. The Morgan fingerprint density at radius 1 is 1.05 bits per heavy atom. The minimum Gasteiger partial charge on any atom is -0.350 e. The molecule has 110 valence electrons. The second-order valence-corrected chi connectivity index (χ2v) is 6.44. The van der Waals surface area contributed by atoms with Crippen molar-refractivity contribution in [2.75, 3.05) is 11.7 Å². The van der Waals surface area contributed by atoms with E-state index >= 15 is 0 Å². The van der Waals surface area contributed by atoms with Crippen LogP contribution < -0.4 is 16.6 Å². The number of benzene rings is 2. The van der Waals surface area contributed by atoms with E-state index in [0.29, 0.717) is 11.3 Å². The molecule has 6 nitrogen and oxygen atoms in total. The van der Waals surface area contributed by atoms with Gasteiger partial charge in [0.25, 0.3) is 0 Å². The first-order valence-electron chi connectivity index (χ1n) is 6.09. The molecule has 2 rings (SSSR count). The van der Waals surface area contributed by atoms with E-state index in [0.717, 1.165) is 5.56 Å². The average molecular weight is 305 g/mol. The molecule has 0 fully saturated rings. The van der Waals surface area contributed by atoms with Crippen molar-refractivity contribution in [3.8, 4) is 11.1 Å². The molecule has 0 aliphatic carbocycles. The Labute approximate surface area is 122 Å². The monoisotopic (exact) mass is 305 g/mol. The number of carbonyl (C=O) groups excluding carboxylic acids is 1. The molecule has 0 aliphatic heterocycles. The number of nitrogens with two attached hydrogens (primary N) is 1. The van der Waals surface area contributed by atoms with E-state index in [1.54, 1.807) is 48.5 Å². The lowest BCUT2D eigenvalue weighted by Crippen LogP contribution is -2.34. The van der Waals surface area contributed by atoms with Crippen molar-refractivity contribution >= 4 is 21.6 Å². The number of primary amides is 1. The Morgan fingerprint density at radius 2 is 1.67 bits per heavy atom. The SMILES string of the molecule is CS(=O)(=O)c1ccccc1-c1ccc(NNC(N)=O)cc1. The summed E-state index contributed by atoms with van der Waals surface area (Å²) in [6.07, 6.45) is 1.18. The van der Waals surface area contributed by atoms with E-state index < -0.39 is 15.9 Å². The molecular weight excluding hydrogens is 290 g/mol. The fourth-order valence-corrected chi connectivity index (χ4v) is 2.81. The Bertz CT molecular complexity index is 755. The number of sulfone groups is 1. The van der Waals surface area contributed by atoms with Gasteiger partial charge < -0.3 is 5.73 Å². The van der Waals surface area contributed by atoms with Gasteiger partial charge in [-0.2, -0.15) is 0 Å². The molecule has 0 aliphatic rings. The van der Waals surface area contributed by atoms with Crippen molar-refractivity contribution in [1.29, 1.82) is 0 Å². The van der Waals surface area contributed by atoms with Gasteiger partial charge in [-0.3, -0.25) is 10.9 Å². The molecule has 4 N–H and O–H groups in total. The van der Waals surface area contributed by atoms with E-state index in [-0.39, 0.29) is 4.90 Å². The fourth-order valence-electron chi connectivity index (χ4n) is 1.90. The molecule has 21 heavy (non-hydrogen) atoms. The standard InChI is InChI=1S/C14H15N3O3S/c1-21(19,20)13-5-3-2-4-12(13)10-6-8-11(9-7-10)16-17-14(15)18/h2-9,16H,1H3,(H3,15,17,18). The number of urea groups is 1. The van der Waals surface area contributed by atoms with Gasteiger partial charge in [0.2, 0.25) is 0 Å². The molecule has 0 atom stereocenters. The highest BCUT2D eigenvalue weighted by Crippen LogP contribution is 2.27. The van der Waals surface area contributed by atoms with Gasteiger partial charge in [0.15, 0.2) is 9.84 Å². The van der Waals surface area contributed by atoms with Crippen molar-refractivity contribution < 1.29 is 13.2 Å². The van der Waals surface area contributed by atoms with Crippen LogP contribution in [-0.4, -0.2) is 20.7 Å². The first-order valence-corrected chi connectivity index (χ1v) is 7.98. The quantitative estimate of drug-likeness (QED) is 0.749. The van der Waals surface area contributed by atoms with Crippen molar-refractivity contribution in [2.24, 2.45) is 5.73 Å². The maximum absolute atomic E-state index is 11.8. The third-order valence-corrected chi connectivity index (χ3v) is 3.97. The van der Waals surface area contributed by atoms with Crippen LogP contribution in [0.5, 0.6) is 0 Å². The van der Waals surface area contributed by atoms with E-state index in [9.17, 15) is 13.2 Å². The van der Waals surface area contributed by atoms with Gasteiger partial charge >= 0.3 is 6.03 Å². The molecule has 0 unspecified atom stereocenters. The van der Waals surface area contributed by atoms with Gasteiger partial charge in [-0.05, 0) is 23.8 Å². The van der Waals surface area contributed by atoms with Crippen LogP contribution in [0.1, 0.15) is 0 Å². The Balaban J connectivity index is 2.34. The first kappa shape index (κ1) is 14.9. The highest BCUT2D eigenvalue weighted by molar-refractivity contribution is 7.90. The number of hydrogen-bond donors (Lipinski definition) is 3. The number of hydrogen-bond acceptors (Lipinski definition) is 4. The molecule has 0 radical (unpaired) electrons. The van der Waals surface area contributed by atoms with Crippen molar-refractivity contribution in [2.45, 2.75) is 4.90 Å². The second kappa shape index (κ2) is 5.84. The third-order valence-electron chi connectivity index (χ3n) is 2.81. The lowest BCUT2D eigenvalue weighted by molar-refractivity contribution is 0.250. The molecule has 0 aromatic heterocycles. The molecule has 2 aromatic carbocycles. The van der Waals surface area contributed by atoms with Crippen LogP contribution in [0.3, 0.4) is 0 Å². The minimum absolute atomic E-state index is 0.279. The Morgan fingerprint density at radius 3 is 2.24 bits per heavy atom. The normalized spacial score (nSPS) is 10.9. The minimum atomic E-state index is -3.30. The fraction of sp³-hybridized carbons (Fsp3) is 0.0714. The highest BCUT2D eigenvalue weighted by Gasteiger charge is 2.13. The maximum Gasteiger partial charge on any atom is 0.330 e. The molecule has 0 spiro atoms. The van der Waals surface area contributed by atoms with Gasteiger partial charge in [0.05, 0.1) is 10.6 Å². The zero-order valence-electron chi connectivity index (χ0n) is 11.3. The zero-order chi connectivity index (χ0) is 15.5. The maximum atomic E-state index is 11.8. The summed E-state index contributed by atoms with van der Waals surface area (Å²) < 4.78 is 23.6. The summed E-state index contributed by atoms with van der Waals surface area (Å²) in [5.41, 5.74) is 11.9. The van der Waals surface area contributed by atoms with Crippen molar-refractivity contribution in [3.05, 3.63) is 48.5 Å². The number of nitrogens with one attached hydrogen (secondary N) is 2. The molecule has 0 heterocycles. The van der Waals surface area contributed by atoms with Gasteiger partial charge in [-0.1, -0.05) is 30.3 Å². The molecule has 7 heteroatoms. The summed E-state index contributed by atoms with van der Waals surface area (Å²) in [6, 6.07) is 13.0. The topological polar surface area (TPSA) is 101 Å². The summed E-state index contributed by atoms with van der Waals surface area (Å²) in [7, 11) is -3.30. The van der Waals surface area contributed by atoms with E-state index in [4.69, 9.17) is 5.73 Å². The molecular formula is C14H15N3O3S. The number of anilines is 1. The summed E-state index contributed by atoms with van der Waals surface area (Å²) in [6.45, 7) is 0. The number of hydrazine groups is 1. The molecule has 2 amide bonds. The zero-order valence-corrected chi connectivity index (χ0v) is 12.1. The van der Waals surface area contributed by atoms with Crippen LogP contribution in [0.2, 0.25) is 0 Å².